The number of aliphatic hydroxyl groups is 2. The molecule has 2 unspecified atom stereocenters. The van der Waals surface area contributed by atoms with Crippen LogP contribution in [0.4, 0.5) is 4.39 Å². The van der Waals surface area contributed by atoms with E-state index in [4.69, 9.17) is 17.3 Å². The summed E-state index contributed by atoms with van der Waals surface area (Å²) >= 11 is 5.70. The quantitative estimate of drug-likeness (QED) is 0.734. The average Bonchev–Trinajstić information content (AvgIpc) is 2.21. The number of hydrogen-bond donors (Lipinski definition) is 3. The minimum Gasteiger partial charge on any atom is -0.389 e. The van der Waals surface area contributed by atoms with Gasteiger partial charge in [0.2, 0.25) is 0 Å². The number of nitrogens with two attached hydrogens (primary N) is 1. The van der Waals surface area contributed by atoms with E-state index in [9.17, 15) is 14.6 Å². The van der Waals surface area contributed by atoms with Crippen molar-refractivity contribution >= 4 is 11.6 Å². The van der Waals surface area contributed by atoms with Gasteiger partial charge in [0.15, 0.2) is 0 Å². The maximum Gasteiger partial charge on any atom is 0.130 e. The standard InChI is InChI=1S/C10H13ClFNO2/c1-5-2-6(8(12)3-7(5)11)10(15)9(14)4-13/h2-3,9-10,14-15H,4,13H2,1H3. The number of aryl methyl sites for hydroxylation is 1. The van der Waals surface area contributed by atoms with Crippen molar-refractivity contribution in [1.82, 2.24) is 0 Å². The van der Waals surface area contributed by atoms with Gasteiger partial charge in [-0.3, -0.25) is 0 Å². The highest BCUT2D eigenvalue weighted by atomic mass is 35.5. The first-order valence-electron chi connectivity index (χ1n) is 4.49. The van der Waals surface area contributed by atoms with Gasteiger partial charge < -0.3 is 15.9 Å². The van der Waals surface area contributed by atoms with E-state index in [-0.39, 0.29) is 17.1 Å². The van der Waals surface area contributed by atoms with Crippen LogP contribution in [0.3, 0.4) is 0 Å². The molecule has 0 fully saturated rings. The molecule has 0 amide bonds. The monoisotopic (exact) mass is 233 g/mol. The van der Waals surface area contributed by atoms with Gasteiger partial charge >= 0.3 is 0 Å². The normalized spacial score (nSPS) is 15.1. The first-order valence-corrected chi connectivity index (χ1v) is 4.87. The molecule has 0 saturated carbocycles. The van der Waals surface area contributed by atoms with Crippen molar-refractivity contribution in [2.45, 2.75) is 19.1 Å². The number of halogens is 2. The molecule has 0 radical (unpaired) electrons. The fourth-order valence-corrected chi connectivity index (χ4v) is 1.39. The smallest absolute Gasteiger partial charge is 0.130 e. The molecule has 2 atom stereocenters. The third-order valence-electron chi connectivity index (χ3n) is 2.20. The van der Waals surface area contributed by atoms with Crippen LogP contribution in [0.25, 0.3) is 0 Å². The molecule has 3 nitrogen and oxygen atoms in total. The van der Waals surface area contributed by atoms with E-state index in [0.717, 1.165) is 6.07 Å². The van der Waals surface area contributed by atoms with E-state index < -0.39 is 18.0 Å². The summed E-state index contributed by atoms with van der Waals surface area (Å²) in [5, 5.41) is 19.1. The molecule has 0 saturated heterocycles. The molecule has 0 aliphatic heterocycles. The van der Waals surface area contributed by atoms with Crippen LogP contribution < -0.4 is 5.73 Å². The average molecular weight is 234 g/mol. The van der Waals surface area contributed by atoms with E-state index in [1.807, 2.05) is 0 Å². The number of aliphatic hydroxyl groups excluding tert-OH is 2. The molecular weight excluding hydrogens is 221 g/mol. The Morgan fingerprint density at radius 1 is 1.47 bits per heavy atom. The van der Waals surface area contributed by atoms with Crippen LogP contribution in [0.5, 0.6) is 0 Å². The second kappa shape index (κ2) is 4.90. The summed E-state index contributed by atoms with van der Waals surface area (Å²) in [6, 6.07) is 2.51. The van der Waals surface area contributed by atoms with Gasteiger partial charge in [-0.05, 0) is 24.6 Å². The maximum absolute atomic E-state index is 13.4. The predicted molar refractivity (Wildman–Crippen MR) is 56.2 cm³/mol. The molecule has 0 spiro atoms. The Bertz CT molecular complexity index is 360. The Morgan fingerprint density at radius 3 is 2.60 bits per heavy atom. The van der Waals surface area contributed by atoms with Crippen molar-refractivity contribution < 1.29 is 14.6 Å². The Balaban J connectivity index is 3.09. The van der Waals surface area contributed by atoms with Crippen LogP contribution in [-0.4, -0.2) is 22.9 Å². The van der Waals surface area contributed by atoms with E-state index in [0.29, 0.717) is 5.56 Å². The Hall–Kier alpha value is -0.680. The van der Waals surface area contributed by atoms with Crippen molar-refractivity contribution in [2.24, 2.45) is 5.73 Å². The van der Waals surface area contributed by atoms with Gasteiger partial charge in [0.05, 0.1) is 6.10 Å². The maximum atomic E-state index is 13.4. The number of hydrogen-bond acceptors (Lipinski definition) is 3. The van der Waals surface area contributed by atoms with Crippen molar-refractivity contribution in [2.75, 3.05) is 6.54 Å². The summed E-state index contributed by atoms with van der Waals surface area (Å²) in [5.74, 6) is -0.648. The largest absolute Gasteiger partial charge is 0.389 e. The van der Waals surface area contributed by atoms with Crippen LogP contribution in [0.2, 0.25) is 5.02 Å². The molecule has 5 heteroatoms. The molecule has 0 aliphatic rings. The SMILES string of the molecule is Cc1cc(C(O)C(O)CN)c(F)cc1Cl. The molecule has 1 aromatic rings. The third kappa shape index (κ3) is 2.66. The molecule has 4 N–H and O–H groups in total. The van der Waals surface area contributed by atoms with Gasteiger partial charge in [-0.15, -0.1) is 0 Å². The van der Waals surface area contributed by atoms with E-state index in [1.54, 1.807) is 6.92 Å². The lowest BCUT2D eigenvalue weighted by atomic mass is 10.0. The fourth-order valence-electron chi connectivity index (χ4n) is 1.24. The highest BCUT2D eigenvalue weighted by Crippen LogP contribution is 2.25. The van der Waals surface area contributed by atoms with Gasteiger partial charge in [0.25, 0.3) is 0 Å². The highest BCUT2D eigenvalue weighted by molar-refractivity contribution is 6.31. The molecule has 0 bridgehead atoms. The van der Waals surface area contributed by atoms with Crippen LogP contribution in [0, 0.1) is 12.7 Å². The zero-order valence-electron chi connectivity index (χ0n) is 8.24. The number of benzene rings is 1. The fraction of sp³-hybridized carbons (Fsp3) is 0.400. The summed E-state index contributed by atoms with van der Waals surface area (Å²) in [7, 11) is 0. The highest BCUT2D eigenvalue weighted by Gasteiger charge is 2.21. The van der Waals surface area contributed by atoms with Gasteiger partial charge in [-0.25, -0.2) is 4.39 Å². The Morgan fingerprint density at radius 2 is 2.07 bits per heavy atom. The molecule has 84 valence electrons. The van der Waals surface area contributed by atoms with Gasteiger partial charge in [-0.2, -0.15) is 0 Å². The topological polar surface area (TPSA) is 66.5 Å². The second-order valence-electron chi connectivity index (χ2n) is 3.37. The van der Waals surface area contributed by atoms with Crippen molar-refractivity contribution in [3.63, 3.8) is 0 Å². The zero-order valence-corrected chi connectivity index (χ0v) is 9.00. The van der Waals surface area contributed by atoms with Crippen LogP contribution >= 0.6 is 11.6 Å². The molecular formula is C10H13ClFNO2. The molecule has 0 heterocycles. The van der Waals surface area contributed by atoms with E-state index in [1.165, 1.54) is 6.07 Å². The predicted octanol–water partition coefficient (Wildman–Crippen LogP) is 1.14. The lowest BCUT2D eigenvalue weighted by Crippen LogP contribution is -2.27. The van der Waals surface area contributed by atoms with E-state index >= 15 is 0 Å². The lowest BCUT2D eigenvalue weighted by Gasteiger charge is -2.17. The van der Waals surface area contributed by atoms with Crippen LogP contribution in [0.1, 0.15) is 17.2 Å². The summed E-state index contributed by atoms with van der Waals surface area (Å²) in [6.07, 6.45) is -2.51. The van der Waals surface area contributed by atoms with Crippen LogP contribution in [0.15, 0.2) is 12.1 Å². The minimum atomic E-state index is -1.33. The van der Waals surface area contributed by atoms with Gasteiger partial charge in [0.1, 0.15) is 11.9 Å². The number of rotatable bonds is 3. The van der Waals surface area contributed by atoms with Crippen molar-refractivity contribution in [3.8, 4) is 0 Å². The van der Waals surface area contributed by atoms with Crippen LogP contribution in [-0.2, 0) is 0 Å². The van der Waals surface area contributed by atoms with Crippen molar-refractivity contribution in [3.05, 3.63) is 34.1 Å². The summed E-state index contributed by atoms with van der Waals surface area (Å²) in [4.78, 5) is 0. The Kier molecular flexibility index (Phi) is 4.04. The zero-order chi connectivity index (χ0) is 11.6. The lowest BCUT2D eigenvalue weighted by molar-refractivity contribution is 0.0222. The molecule has 0 aliphatic carbocycles. The first-order chi connectivity index (χ1) is 6.97. The molecule has 1 rings (SSSR count). The Labute approximate surface area is 92.3 Å². The minimum absolute atomic E-state index is 0.00912. The molecule has 0 aromatic heterocycles. The van der Waals surface area contributed by atoms with Crippen molar-refractivity contribution in [1.29, 1.82) is 0 Å². The summed E-state index contributed by atoms with van der Waals surface area (Å²) in [5.41, 5.74) is 5.81. The second-order valence-corrected chi connectivity index (χ2v) is 3.78. The summed E-state index contributed by atoms with van der Waals surface area (Å²) < 4.78 is 13.4. The van der Waals surface area contributed by atoms with E-state index in [2.05, 4.69) is 0 Å². The third-order valence-corrected chi connectivity index (χ3v) is 2.61. The van der Waals surface area contributed by atoms with Gasteiger partial charge in [0, 0.05) is 17.1 Å². The molecule has 1 aromatic carbocycles. The molecule has 15 heavy (non-hydrogen) atoms. The summed E-state index contributed by atoms with van der Waals surface area (Å²) in [6.45, 7) is 1.55. The van der Waals surface area contributed by atoms with Gasteiger partial charge in [-0.1, -0.05) is 11.6 Å². The first kappa shape index (κ1) is 12.4.